The number of hydrogen-bond donors (Lipinski definition) is 0. The van der Waals surface area contributed by atoms with Crippen LogP contribution in [0.2, 0.25) is 0 Å². The van der Waals surface area contributed by atoms with Gasteiger partial charge < -0.3 is 0 Å². The highest BCUT2D eigenvalue weighted by atomic mass is 15.2. The first kappa shape index (κ1) is 19.7. The molecule has 0 bridgehead atoms. The van der Waals surface area contributed by atoms with E-state index in [1.807, 2.05) is 0 Å². The highest BCUT2D eigenvalue weighted by Gasteiger charge is 2.44. The van der Waals surface area contributed by atoms with Crippen LogP contribution in [-0.2, 0) is 0 Å². The standard InChI is InChI=1S/C24H45N/c1-16-10-7-13-22(19(16)4)25(23-14-8-11-17(2)20(23)5)24-15-9-12-18(3)21(24)6/h16-24H,7-15H2,1-6H3. The predicted molar refractivity (Wildman–Crippen MR) is 110 cm³/mol. The van der Waals surface area contributed by atoms with Gasteiger partial charge in [0.15, 0.2) is 0 Å². The van der Waals surface area contributed by atoms with Gasteiger partial charge in [0.25, 0.3) is 0 Å². The maximum Gasteiger partial charge on any atom is 0.0129 e. The SMILES string of the molecule is CC1CCCC(N(C2CCCC(C)C2C)C2CCCC(C)C2C)C1C. The predicted octanol–water partition coefficient (Wildman–Crippen LogP) is 6.76. The summed E-state index contributed by atoms with van der Waals surface area (Å²) in [7, 11) is 0. The Balaban J connectivity index is 1.90. The summed E-state index contributed by atoms with van der Waals surface area (Å²) in [5.74, 6) is 5.37. The van der Waals surface area contributed by atoms with E-state index in [2.05, 4.69) is 46.4 Å². The van der Waals surface area contributed by atoms with Gasteiger partial charge in [-0.15, -0.1) is 0 Å². The maximum absolute atomic E-state index is 3.17. The van der Waals surface area contributed by atoms with Crippen LogP contribution in [0.1, 0.15) is 99.3 Å². The summed E-state index contributed by atoms with van der Waals surface area (Å²) in [5.41, 5.74) is 0. The molecule has 0 amide bonds. The van der Waals surface area contributed by atoms with E-state index in [-0.39, 0.29) is 0 Å². The largest absolute Gasteiger partial charge is 0.294 e. The van der Waals surface area contributed by atoms with E-state index in [1.165, 1.54) is 57.8 Å². The highest BCUT2D eigenvalue weighted by molar-refractivity contribution is 4.98. The number of hydrogen-bond acceptors (Lipinski definition) is 1. The first-order valence-electron chi connectivity index (χ1n) is 11.7. The Morgan fingerprint density at radius 3 is 1.00 bits per heavy atom. The first-order valence-corrected chi connectivity index (χ1v) is 11.7. The van der Waals surface area contributed by atoms with Crippen molar-refractivity contribution in [1.29, 1.82) is 0 Å². The average Bonchev–Trinajstić information content (AvgIpc) is 2.59. The van der Waals surface area contributed by atoms with Crippen molar-refractivity contribution in [3.05, 3.63) is 0 Å². The maximum atomic E-state index is 3.17. The molecule has 0 heterocycles. The van der Waals surface area contributed by atoms with Crippen molar-refractivity contribution < 1.29 is 0 Å². The second kappa shape index (κ2) is 8.32. The Kier molecular flexibility index (Phi) is 6.56. The summed E-state index contributed by atoms with van der Waals surface area (Å²) < 4.78 is 0. The van der Waals surface area contributed by atoms with Crippen LogP contribution in [0.25, 0.3) is 0 Å². The topological polar surface area (TPSA) is 3.24 Å². The molecule has 0 aromatic carbocycles. The molecule has 0 N–H and O–H groups in total. The Morgan fingerprint density at radius 2 is 0.720 bits per heavy atom. The highest BCUT2D eigenvalue weighted by Crippen LogP contribution is 2.44. The molecule has 3 fully saturated rings. The Hall–Kier alpha value is -0.0400. The fourth-order valence-electron chi connectivity index (χ4n) is 6.66. The minimum atomic E-state index is 0.847. The average molecular weight is 348 g/mol. The molecule has 9 unspecified atom stereocenters. The van der Waals surface area contributed by atoms with Crippen LogP contribution in [0, 0.1) is 35.5 Å². The third-order valence-electron chi connectivity index (χ3n) is 9.14. The molecule has 0 radical (unpaired) electrons. The lowest BCUT2D eigenvalue weighted by Crippen LogP contribution is -2.60. The van der Waals surface area contributed by atoms with E-state index >= 15 is 0 Å². The lowest BCUT2D eigenvalue weighted by atomic mass is 9.69. The summed E-state index contributed by atoms with van der Waals surface area (Å²) in [4.78, 5) is 3.17. The molecule has 0 spiro atoms. The quantitative estimate of drug-likeness (QED) is 0.545. The zero-order chi connectivity index (χ0) is 18.1. The fourth-order valence-corrected chi connectivity index (χ4v) is 6.66. The van der Waals surface area contributed by atoms with Gasteiger partial charge in [0.1, 0.15) is 0 Å². The molecule has 3 aliphatic carbocycles. The fraction of sp³-hybridized carbons (Fsp3) is 1.00. The van der Waals surface area contributed by atoms with Crippen LogP contribution in [0.4, 0.5) is 0 Å². The van der Waals surface area contributed by atoms with Crippen LogP contribution < -0.4 is 0 Å². The van der Waals surface area contributed by atoms with Crippen molar-refractivity contribution in [2.45, 2.75) is 117 Å². The van der Waals surface area contributed by atoms with Gasteiger partial charge in [-0.2, -0.15) is 0 Å². The van der Waals surface area contributed by atoms with Crippen LogP contribution in [-0.4, -0.2) is 23.0 Å². The van der Waals surface area contributed by atoms with E-state index in [0.29, 0.717) is 0 Å². The van der Waals surface area contributed by atoms with Gasteiger partial charge in [0.05, 0.1) is 0 Å². The Morgan fingerprint density at radius 1 is 0.440 bits per heavy atom. The van der Waals surface area contributed by atoms with Gasteiger partial charge in [-0.3, -0.25) is 4.90 Å². The smallest absolute Gasteiger partial charge is 0.0129 e. The van der Waals surface area contributed by atoms with Gasteiger partial charge in [-0.05, 0) is 54.8 Å². The normalized spacial score (nSPS) is 49.3. The van der Waals surface area contributed by atoms with E-state index in [9.17, 15) is 0 Å². The lowest BCUT2D eigenvalue weighted by molar-refractivity contribution is -0.0627. The third-order valence-corrected chi connectivity index (χ3v) is 9.14. The molecular formula is C24H45N. The minimum Gasteiger partial charge on any atom is -0.294 e. The van der Waals surface area contributed by atoms with Crippen molar-refractivity contribution >= 4 is 0 Å². The monoisotopic (exact) mass is 347 g/mol. The van der Waals surface area contributed by atoms with Crippen molar-refractivity contribution in [3.8, 4) is 0 Å². The van der Waals surface area contributed by atoms with Gasteiger partial charge in [-0.25, -0.2) is 0 Å². The van der Waals surface area contributed by atoms with Crippen molar-refractivity contribution in [3.63, 3.8) is 0 Å². The molecule has 0 saturated heterocycles. The molecule has 0 aromatic rings. The molecule has 3 saturated carbocycles. The van der Waals surface area contributed by atoms with Gasteiger partial charge >= 0.3 is 0 Å². The van der Waals surface area contributed by atoms with Crippen molar-refractivity contribution in [2.24, 2.45) is 35.5 Å². The van der Waals surface area contributed by atoms with Gasteiger partial charge in [0.2, 0.25) is 0 Å². The molecule has 3 aliphatic rings. The molecule has 1 heteroatoms. The van der Waals surface area contributed by atoms with E-state index in [1.54, 1.807) is 0 Å². The van der Waals surface area contributed by atoms with Crippen LogP contribution in [0.5, 0.6) is 0 Å². The Bertz CT molecular complexity index is 357. The summed E-state index contributed by atoms with van der Waals surface area (Å²) >= 11 is 0. The Labute approximate surface area is 158 Å². The lowest BCUT2D eigenvalue weighted by Gasteiger charge is -2.55. The van der Waals surface area contributed by atoms with E-state index in [4.69, 9.17) is 0 Å². The van der Waals surface area contributed by atoms with Crippen LogP contribution >= 0.6 is 0 Å². The van der Waals surface area contributed by atoms with Gasteiger partial charge in [0, 0.05) is 18.1 Å². The zero-order valence-corrected chi connectivity index (χ0v) is 18.0. The number of nitrogens with zero attached hydrogens (tertiary/aromatic N) is 1. The molecule has 0 aliphatic heterocycles. The molecule has 1 nitrogen and oxygen atoms in total. The molecular weight excluding hydrogens is 302 g/mol. The van der Waals surface area contributed by atoms with Crippen molar-refractivity contribution in [1.82, 2.24) is 4.90 Å². The summed E-state index contributed by atoms with van der Waals surface area (Å²) in [6.07, 6.45) is 13.1. The molecule has 9 atom stereocenters. The molecule has 25 heavy (non-hydrogen) atoms. The van der Waals surface area contributed by atoms with Crippen LogP contribution in [0.3, 0.4) is 0 Å². The number of rotatable bonds is 3. The summed E-state index contributed by atoms with van der Waals surface area (Å²) in [5, 5.41) is 0. The second-order valence-corrected chi connectivity index (χ2v) is 10.5. The van der Waals surface area contributed by atoms with Gasteiger partial charge in [-0.1, -0.05) is 80.1 Å². The summed E-state index contributed by atoms with van der Waals surface area (Å²) in [6.45, 7) is 15.3. The molecule has 146 valence electrons. The van der Waals surface area contributed by atoms with E-state index in [0.717, 1.165) is 53.6 Å². The minimum absolute atomic E-state index is 0.847. The van der Waals surface area contributed by atoms with Crippen LogP contribution in [0.15, 0.2) is 0 Å². The third kappa shape index (κ3) is 3.97. The first-order chi connectivity index (χ1) is 11.9. The van der Waals surface area contributed by atoms with E-state index < -0.39 is 0 Å². The molecule has 3 rings (SSSR count). The van der Waals surface area contributed by atoms with Crippen molar-refractivity contribution in [2.75, 3.05) is 0 Å². The molecule has 0 aromatic heterocycles. The zero-order valence-electron chi connectivity index (χ0n) is 18.0. The summed E-state index contributed by atoms with van der Waals surface area (Å²) in [6, 6.07) is 2.54. The second-order valence-electron chi connectivity index (χ2n) is 10.5.